The SMILES string of the molecule is CC(C)CC(C)(CN)NC(=O)Cn1cc(Br)ccc1=O.Cl. The maximum atomic E-state index is 12.1. The maximum Gasteiger partial charge on any atom is 0.251 e. The minimum absolute atomic E-state index is 0. The van der Waals surface area contributed by atoms with Crippen molar-refractivity contribution >= 4 is 34.2 Å². The van der Waals surface area contributed by atoms with Crippen molar-refractivity contribution in [3.63, 3.8) is 0 Å². The number of pyridine rings is 1. The number of nitrogens with zero attached hydrogens (tertiary/aromatic N) is 1. The highest BCUT2D eigenvalue weighted by molar-refractivity contribution is 9.10. The topological polar surface area (TPSA) is 77.1 Å². The van der Waals surface area contributed by atoms with Gasteiger partial charge in [-0.3, -0.25) is 9.59 Å². The van der Waals surface area contributed by atoms with E-state index in [0.29, 0.717) is 12.5 Å². The summed E-state index contributed by atoms with van der Waals surface area (Å²) in [6.07, 6.45) is 2.40. The molecule has 0 aliphatic rings. The van der Waals surface area contributed by atoms with Gasteiger partial charge in [-0.25, -0.2) is 0 Å². The Labute approximate surface area is 139 Å². The molecule has 1 aromatic heterocycles. The molecular weight excluding hydrogens is 358 g/mol. The molecule has 1 unspecified atom stereocenters. The monoisotopic (exact) mass is 379 g/mol. The first-order chi connectivity index (χ1) is 9.25. The van der Waals surface area contributed by atoms with Crippen LogP contribution in [-0.4, -0.2) is 22.6 Å². The van der Waals surface area contributed by atoms with Gasteiger partial charge in [0.15, 0.2) is 0 Å². The van der Waals surface area contributed by atoms with Crippen molar-refractivity contribution in [3.05, 3.63) is 33.2 Å². The molecule has 1 atom stereocenters. The van der Waals surface area contributed by atoms with Crippen LogP contribution in [0.3, 0.4) is 0 Å². The normalized spacial score (nSPS) is 13.4. The lowest BCUT2D eigenvalue weighted by Gasteiger charge is -2.31. The lowest BCUT2D eigenvalue weighted by molar-refractivity contribution is -0.123. The standard InChI is InChI=1S/C14H22BrN3O2.ClH/c1-10(2)6-14(3,9-16)17-12(19)8-18-7-11(15)4-5-13(18)20;/h4-5,7,10H,6,8-9,16H2,1-3H3,(H,17,19);1H. The summed E-state index contributed by atoms with van der Waals surface area (Å²) < 4.78 is 2.12. The van der Waals surface area contributed by atoms with E-state index >= 15 is 0 Å². The molecule has 0 bridgehead atoms. The Hall–Kier alpha value is -0.850. The second kappa shape index (κ2) is 8.56. The molecule has 21 heavy (non-hydrogen) atoms. The third-order valence-electron chi connectivity index (χ3n) is 3.01. The molecule has 1 heterocycles. The number of hydrogen-bond donors (Lipinski definition) is 2. The Morgan fingerprint density at radius 2 is 2.10 bits per heavy atom. The summed E-state index contributed by atoms with van der Waals surface area (Å²) in [6.45, 7) is 6.45. The minimum Gasteiger partial charge on any atom is -0.348 e. The van der Waals surface area contributed by atoms with E-state index in [2.05, 4.69) is 35.1 Å². The molecule has 0 saturated heterocycles. The highest BCUT2D eigenvalue weighted by atomic mass is 79.9. The number of rotatable bonds is 6. The predicted octanol–water partition coefficient (Wildman–Crippen LogP) is 1.91. The van der Waals surface area contributed by atoms with Crippen LogP contribution < -0.4 is 16.6 Å². The van der Waals surface area contributed by atoms with E-state index in [0.717, 1.165) is 10.9 Å². The maximum absolute atomic E-state index is 12.1. The Balaban J connectivity index is 0.00000400. The van der Waals surface area contributed by atoms with Crippen LogP contribution in [0.1, 0.15) is 27.2 Å². The van der Waals surface area contributed by atoms with Crippen molar-refractivity contribution in [3.8, 4) is 0 Å². The number of nitrogens with one attached hydrogen (secondary N) is 1. The summed E-state index contributed by atoms with van der Waals surface area (Å²) in [4.78, 5) is 23.7. The molecule has 5 nitrogen and oxygen atoms in total. The number of amides is 1. The van der Waals surface area contributed by atoms with Crippen LogP contribution in [0.4, 0.5) is 0 Å². The van der Waals surface area contributed by atoms with Gasteiger partial charge in [0.05, 0.1) is 0 Å². The Morgan fingerprint density at radius 1 is 1.48 bits per heavy atom. The molecule has 1 aromatic rings. The van der Waals surface area contributed by atoms with E-state index in [-0.39, 0.29) is 30.4 Å². The number of aromatic nitrogens is 1. The van der Waals surface area contributed by atoms with E-state index in [9.17, 15) is 9.59 Å². The van der Waals surface area contributed by atoms with Crippen molar-refractivity contribution in [1.29, 1.82) is 0 Å². The fourth-order valence-electron chi connectivity index (χ4n) is 2.24. The molecule has 0 saturated carbocycles. The van der Waals surface area contributed by atoms with Crippen LogP contribution in [0.5, 0.6) is 0 Å². The highest BCUT2D eigenvalue weighted by Crippen LogP contribution is 2.15. The van der Waals surface area contributed by atoms with E-state index in [4.69, 9.17) is 5.73 Å². The van der Waals surface area contributed by atoms with Gasteiger partial charge >= 0.3 is 0 Å². The summed E-state index contributed by atoms with van der Waals surface area (Å²) in [7, 11) is 0. The Bertz CT molecular complexity index is 533. The van der Waals surface area contributed by atoms with Crippen molar-refractivity contribution < 1.29 is 4.79 Å². The largest absolute Gasteiger partial charge is 0.348 e. The number of carbonyl (C=O) groups excluding carboxylic acids is 1. The van der Waals surface area contributed by atoms with E-state index in [1.807, 2.05) is 6.92 Å². The van der Waals surface area contributed by atoms with Gasteiger partial charge in [0.1, 0.15) is 6.54 Å². The molecule has 0 aliphatic carbocycles. The third-order valence-corrected chi connectivity index (χ3v) is 3.48. The van der Waals surface area contributed by atoms with Gasteiger partial charge in [-0.15, -0.1) is 12.4 Å². The quantitative estimate of drug-likeness (QED) is 0.791. The molecule has 1 amide bonds. The van der Waals surface area contributed by atoms with E-state index in [1.165, 1.54) is 10.6 Å². The molecule has 0 spiro atoms. The molecule has 0 aromatic carbocycles. The van der Waals surface area contributed by atoms with Crippen molar-refractivity contribution in [1.82, 2.24) is 9.88 Å². The van der Waals surface area contributed by atoms with Gasteiger partial charge in [-0.2, -0.15) is 0 Å². The van der Waals surface area contributed by atoms with Gasteiger partial charge in [0.25, 0.3) is 5.56 Å². The Kier molecular flexibility index (Phi) is 8.21. The van der Waals surface area contributed by atoms with Gasteiger partial charge in [-0.1, -0.05) is 13.8 Å². The van der Waals surface area contributed by atoms with Crippen molar-refractivity contribution in [2.45, 2.75) is 39.3 Å². The van der Waals surface area contributed by atoms with Crippen molar-refractivity contribution in [2.75, 3.05) is 6.54 Å². The third kappa shape index (κ3) is 6.63. The molecular formula is C14H23BrClN3O2. The van der Waals surface area contributed by atoms with Gasteiger partial charge in [0, 0.05) is 28.8 Å². The summed E-state index contributed by atoms with van der Waals surface area (Å²) in [6, 6.07) is 3.08. The minimum atomic E-state index is -0.444. The molecule has 1 rings (SSSR count). The van der Waals surface area contributed by atoms with E-state index < -0.39 is 5.54 Å². The average Bonchev–Trinajstić information content (AvgIpc) is 2.32. The highest BCUT2D eigenvalue weighted by Gasteiger charge is 2.25. The summed E-state index contributed by atoms with van der Waals surface area (Å²) in [5.74, 6) is 0.219. The van der Waals surface area contributed by atoms with Gasteiger partial charge < -0.3 is 15.6 Å². The number of carbonyl (C=O) groups is 1. The van der Waals surface area contributed by atoms with E-state index in [1.54, 1.807) is 12.3 Å². The van der Waals surface area contributed by atoms with Crippen LogP contribution in [0.15, 0.2) is 27.6 Å². The molecule has 120 valence electrons. The lowest BCUT2D eigenvalue weighted by atomic mass is 9.91. The predicted molar refractivity (Wildman–Crippen MR) is 90.7 cm³/mol. The van der Waals surface area contributed by atoms with Crippen LogP contribution in [0, 0.1) is 5.92 Å². The zero-order valence-corrected chi connectivity index (χ0v) is 15.0. The molecule has 3 N–H and O–H groups in total. The summed E-state index contributed by atoms with van der Waals surface area (Å²) in [5, 5.41) is 2.93. The smallest absolute Gasteiger partial charge is 0.251 e. The summed E-state index contributed by atoms with van der Waals surface area (Å²) >= 11 is 3.28. The second-order valence-corrected chi connectivity index (χ2v) is 6.64. The first-order valence-corrected chi connectivity index (χ1v) is 7.42. The fraction of sp³-hybridized carbons (Fsp3) is 0.571. The average molecular weight is 381 g/mol. The summed E-state index contributed by atoms with van der Waals surface area (Å²) in [5.41, 5.74) is 5.11. The van der Waals surface area contributed by atoms with Crippen LogP contribution in [0.25, 0.3) is 0 Å². The van der Waals surface area contributed by atoms with Crippen LogP contribution in [-0.2, 0) is 11.3 Å². The van der Waals surface area contributed by atoms with Crippen molar-refractivity contribution in [2.24, 2.45) is 11.7 Å². The number of halogens is 2. The molecule has 0 aliphatic heterocycles. The van der Waals surface area contributed by atoms with Gasteiger partial charge in [0.2, 0.25) is 5.91 Å². The molecule has 0 radical (unpaired) electrons. The molecule has 0 fully saturated rings. The lowest BCUT2D eigenvalue weighted by Crippen LogP contribution is -2.53. The number of hydrogen-bond acceptors (Lipinski definition) is 3. The zero-order valence-electron chi connectivity index (χ0n) is 12.6. The van der Waals surface area contributed by atoms with Gasteiger partial charge in [-0.05, 0) is 41.3 Å². The zero-order chi connectivity index (χ0) is 15.3. The van der Waals surface area contributed by atoms with Crippen LogP contribution >= 0.6 is 28.3 Å². The van der Waals surface area contributed by atoms with Crippen LogP contribution in [0.2, 0.25) is 0 Å². The fourth-order valence-corrected chi connectivity index (χ4v) is 2.62. The molecule has 7 heteroatoms. The second-order valence-electron chi connectivity index (χ2n) is 5.72. The Morgan fingerprint density at radius 3 is 2.62 bits per heavy atom. The first-order valence-electron chi connectivity index (χ1n) is 6.63. The number of nitrogens with two attached hydrogens (primary N) is 1. The first kappa shape index (κ1) is 20.1.